The molecule has 1 N–H and O–H groups in total. The number of halogens is 1. The van der Waals surface area contributed by atoms with E-state index in [9.17, 15) is 0 Å². The van der Waals surface area contributed by atoms with E-state index in [4.69, 9.17) is 4.43 Å². The van der Waals surface area contributed by atoms with Crippen molar-refractivity contribution in [2.75, 3.05) is 4.98 Å². The Kier molecular flexibility index (Phi) is 4.37. The van der Waals surface area contributed by atoms with E-state index >= 15 is 0 Å². The summed E-state index contributed by atoms with van der Waals surface area (Å²) < 4.78 is 6.75. The zero-order chi connectivity index (χ0) is 13.3. The Labute approximate surface area is 114 Å². The number of aromatic nitrogens is 2. The Bertz CT molecular complexity index is 367. The molecule has 0 aliphatic carbocycles. The highest BCUT2D eigenvalue weighted by Gasteiger charge is 2.22. The molecule has 1 aromatic heterocycles. The first-order valence-electron chi connectivity index (χ1n) is 5.57. The Balaban J connectivity index is 3.00. The van der Waals surface area contributed by atoms with E-state index in [1.807, 2.05) is 0 Å². The molecule has 0 saturated heterocycles. The van der Waals surface area contributed by atoms with Crippen molar-refractivity contribution in [3.63, 3.8) is 0 Å². The molecular weight excluding hydrogens is 314 g/mol. The topological polar surface area (TPSA) is 47.0 Å². The zero-order valence-corrected chi connectivity index (χ0v) is 14.8. The van der Waals surface area contributed by atoms with Crippen molar-refractivity contribution in [2.45, 2.75) is 39.3 Å². The van der Waals surface area contributed by atoms with Gasteiger partial charge in [0, 0.05) is 0 Å². The van der Waals surface area contributed by atoms with Gasteiger partial charge < -0.3 is 9.41 Å². The average Bonchev–Trinajstić information content (AvgIpc) is 2.07. The van der Waals surface area contributed by atoms with Crippen LogP contribution in [0.3, 0.4) is 0 Å². The first-order valence-corrected chi connectivity index (χ1v) is 13.3. The van der Waals surface area contributed by atoms with Crippen LogP contribution in [0.25, 0.3) is 0 Å². The third kappa shape index (κ3) is 5.18. The second kappa shape index (κ2) is 5.07. The van der Waals surface area contributed by atoms with Gasteiger partial charge in [-0.05, 0) is 35.6 Å². The van der Waals surface area contributed by atoms with E-state index in [-0.39, 0.29) is 0 Å². The molecule has 0 aliphatic rings. The summed E-state index contributed by atoms with van der Waals surface area (Å²) >= 11 is 3.54. The lowest BCUT2D eigenvalue weighted by molar-refractivity contribution is 0.520. The lowest BCUT2D eigenvalue weighted by atomic mass is 10.5. The molecule has 17 heavy (non-hydrogen) atoms. The molecule has 96 valence electrons. The van der Waals surface area contributed by atoms with Crippen molar-refractivity contribution in [1.82, 2.24) is 10.2 Å². The number of nitrogens with zero attached hydrogens (tertiary/aromatic N) is 2. The minimum absolute atomic E-state index is 0.590. The van der Waals surface area contributed by atoms with Crippen LogP contribution in [-0.4, -0.2) is 26.8 Å². The van der Waals surface area contributed by atoms with Gasteiger partial charge in [0.2, 0.25) is 14.2 Å². The molecule has 0 unspecified atom stereocenters. The largest absolute Gasteiger partial charge is 0.530 e. The number of anilines is 1. The molecule has 0 aliphatic heterocycles. The van der Waals surface area contributed by atoms with Crippen molar-refractivity contribution >= 4 is 38.2 Å². The van der Waals surface area contributed by atoms with Gasteiger partial charge in [0.05, 0.1) is 11.9 Å². The van der Waals surface area contributed by atoms with Crippen LogP contribution in [-0.2, 0) is 0 Å². The molecular formula is C10H20BrN3OSi2. The summed E-state index contributed by atoms with van der Waals surface area (Å²) in [6.45, 7) is 13.1. The van der Waals surface area contributed by atoms with Gasteiger partial charge in [0.25, 0.3) is 0 Å². The first kappa shape index (κ1) is 14.7. The Morgan fingerprint density at radius 2 is 1.76 bits per heavy atom. The Morgan fingerprint density at radius 3 is 2.24 bits per heavy atom. The predicted molar refractivity (Wildman–Crippen MR) is 80.7 cm³/mol. The van der Waals surface area contributed by atoms with Crippen LogP contribution in [0.2, 0.25) is 39.3 Å². The molecule has 0 aromatic carbocycles. The van der Waals surface area contributed by atoms with E-state index in [0.717, 1.165) is 10.2 Å². The molecule has 7 heteroatoms. The summed E-state index contributed by atoms with van der Waals surface area (Å²) in [7, 11) is -3.06. The van der Waals surface area contributed by atoms with Crippen LogP contribution in [0, 0.1) is 0 Å². The molecule has 0 spiro atoms. The lowest BCUT2D eigenvalue weighted by Gasteiger charge is -2.23. The van der Waals surface area contributed by atoms with Crippen LogP contribution in [0.1, 0.15) is 0 Å². The van der Waals surface area contributed by atoms with Crippen LogP contribution >= 0.6 is 15.9 Å². The van der Waals surface area contributed by atoms with E-state index < -0.39 is 16.6 Å². The summed E-state index contributed by atoms with van der Waals surface area (Å²) in [5.74, 6) is 0.590. The van der Waals surface area contributed by atoms with Gasteiger partial charge in [-0.15, -0.1) is 5.10 Å². The molecule has 0 amide bonds. The summed E-state index contributed by atoms with van der Waals surface area (Å²) in [5.41, 5.74) is 0.965. The van der Waals surface area contributed by atoms with Gasteiger partial charge in [-0.2, -0.15) is 5.10 Å². The maximum Gasteiger partial charge on any atom is 0.244 e. The lowest BCUT2D eigenvalue weighted by Crippen LogP contribution is -2.33. The molecule has 0 saturated carbocycles. The van der Waals surface area contributed by atoms with Gasteiger partial charge in [-0.25, -0.2) is 0 Å². The highest BCUT2D eigenvalue weighted by atomic mass is 79.9. The first-order chi connectivity index (χ1) is 7.58. The smallest absolute Gasteiger partial charge is 0.244 e. The van der Waals surface area contributed by atoms with E-state index in [2.05, 4.69) is 70.4 Å². The number of rotatable bonds is 4. The molecule has 0 bridgehead atoms. The summed E-state index contributed by atoms with van der Waals surface area (Å²) in [5, 5.41) is 8.04. The normalized spacial score (nSPS) is 12.4. The van der Waals surface area contributed by atoms with E-state index in [1.165, 1.54) is 0 Å². The van der Waals surface area contributed by atoms with Crippen LogP contribution in [0.4, 0.5) is 5.69 Å². The van der Waals surface area contributed by atoms with Gasteiger partial charge >= 0.3 is 0 Å². The maximum atomic E-state index is 5.88. The molecule has 0 radical (unpaired) electrons. The summed E-state index contributed by atoms with van der Waals surface area (Å²) in [4.78, 5) is 3.50. The molecule has 1 rings (SSSR count). The minimum Gasteiger partial charge on any atom is -0.530 e. The molecule has 4 nitrogen and oxygen atoms in total. The quantitative estimate of drug-likeness (QED) is 0.853. The minimum atomic E-state index is -1.66. The molecule has 0 atom stereocenters. The van der Waals surface area contributed by atoms with Crippen LogP contribution < -0.4 is 9.41 Å². The fraction of sp³-hybridized carbons (Fsp3) is 0.600. The van der Waals surface area contributed by atoms with Crippen molar-refractivity contribution in [2.24, 2.45) is 0 Å². The fourth-order valence-corrected chi connectivity index (χ4v) is 3.62. The monoisotopic (exact) mass is 333 g/mol. The van der Waals surface area contributed by atoms with Gasteiger partial charge in [0.15, 0.2) is 0 Å². The molecule has 1 heterocycles. The second-order valence-corrected chi connectivity index (χ2v) is 15.9. The molecule has 0 fully saturated rings. The fourth-order valence-electron chi connectivity index (χ4n) is 1.20. The SMILES string of the molecule is C[Si](C)(C)Nc1cnnc(O[Si](C)(C)C)c1Br. The van der Waals surface area contributed by atoms with Gasteiger partial charge in [0.1, 0.15) is 12.7 Å². The zero-order valence-electron chi connectivity index (χ0n) is 11.3. The van der Waals surface area contributed by atoms with Crippen molar-refractivity contribution in [3.05, 3.63) is 10.7 Å². The Hall–Kier alpha value is -0.406. The van der Waals surface area contributed by atoms with Gasteiger partial charge in [-0.1, -0.05) is 19.6 Å². The van der Waals surface area contributed by atoms with Crippen LogP contribution in [0.15, 0.2) is 10.7 Å². The standard InChI is InChI=1S/C10H20BrN3OSi2/c1-16(2,3)14-8-7-12-13-10(9(8)11)15-17(4,5)6/h7H,1-6H3,(H,13,14). The number of hydrogen-bond donors (Lipinski definition) is 1. The van der Waals surface area contributed by atoms with E-state index in [0.29, 0.717) is 5.88 Å². The summed E-state index contributed by atoms with van der Waals surface area (Å²) in [6, 6.07) is 0. The number of nitrogens with one attached hydrogen (secondary N) is 1. The Morgan fingerprint density at radius 1 is 1.18 bits per heavy atom. The highest BCUT2D eigenvalue weighted by Crippen LogP contribution is 2.31. The third-order valence-electron chi connectivity index (χ3n) is 1.67. The second-order valence-electron chi connectivity index (χ2n) is 5.97. The van der Waals surface area contributed by atoms with Crippen molar-refractivity contribution < 1.29 is 4.43 Å². The third-order valence-corrected chi connectivity index (χ3v) is 4.26. The average molecular weight is 334 g/mol. The summed E-state index contributed by atoms with van der Waals surface area (Å²) in [6.07, 6.45) is 1.74. The van der Waals surface area contributed by atoms with Crippen molar-refractivity contribution in [3.8, 4) is 5.88 Å². The van der Waals surface area contributed by atoms with E-state index in [1.54, 1.807) is 6.20 Å². The highest BCUT2D eigenvalue weighted by molar-refractivity contribution is 9.10. The predicted octanol–water partition coefficient (Wildman–Crippen LogP) is 3.70. The van der Waals surface area contributed by atoms with Gasteiger partial charge in [-0.3, -0.25) is 0 Å². The van der Waals surface area contributed by atoms with Crippen molar-refractivity contribution in [1.29, 1.82) is 0 Å². The van der Waals surface area contributed by atoms with Crippen LogP contribution in [0.5, 0.6) is 5.88 Å². The molecule has 1 aromatic rings. The number of hydrogen-bond acceptors (Lipinski definition) is 4. The maximum absolute atomic E-state index is 5.88.